The van der Waals surface area contributed by atoms with Crippen LogP contribution in [0.1, 0.15) is 49.2 Å². The number of esters is 1. The summed E-state index contributed by atoms with van der Waals surface area (Å²) in [7, 11) is 0. The zero-order valence-corrected chi connectivity index (χ0v) is 20.8. The van der Waals surface area contributed by atoms with Gasteiger partial charge in [-0.3, -0.25) is 0 Å². The molecule has 2 atom stereocenters. The summed E-state index contributed by atoms with van der Waals surface area (Å²) in [6.45, 7) is 10.7. The fraction of sp³-hybridized carbons (Fsp3) is 0.370. The first kappa shape index (κ1) is 24.6. The highest BCUT2D eigenvalue weighted by Crippen LogP contribution is 2.36. The fourth-order valence-corrected chi connectivity index (χ4v) is 4.23. The Kier molecular flexibility index (Phi) is 7.03. The SMILES string of the molecule is Cc1nc(Nc2ccc(F)cc2)nc(N2CCc3cc(OC(=O)C(N)C(C)C)ccc3C2C)c1C. The third kappa shape index (κ3) is 5.27. The summed E-state index contributed by atoms with van der Waals surface area (Å²) < 4.78 is 18.8. The van der Waals surface area contributed by atoms with Crippen molar-refractivity contribution < 1.29 is 13.9 Å². The van der Waals surface area contributed by atoms with Crippen molar-refractivity contribution in [2.45, 2.75) is 53.1 Å². The number of aryl methyl sites for hydroxylation is 1. The number of hydrogen-bond donors (Lipinski definition) is 2. The van der Waals surface area contributed by atoms with Crippen molar-refractivity contribution in [3.8, 4) is 5.75 Å². The van der Waals surface area contributed by atoms with Crippen molar-refractivity contribution >= 4 is 23.4 Å². The van der Waals surface area contributed by atoms with Gasteiger partial charge in [0.2, 0.25) is 5.95 Å². The molecule has 0 radical (unpaired) electrons. The number of nitrogens with one attached hydrogen (secondary N) is 1. The first-order valence-electron chi connectivity index (χ1n) is 11.9. The second-order valence-corrected chi connectivity index (χ2v) is 9.38. The molecular formula is C27H32FN5O2. The van der Waals surface area contributed by atoms with Gasteiger partial charge in [-0.15, -0.1) is 0 Å². The highest BCUT2D eigenvalue weighted by molar-refractivity contribution is 5.78. The minimum atomic E-state index is -0.651. The van der Waals surface area contributed by atoms with Gasteiger partial charge in [-0.1, -0.05) is 19.9 Å². The minimum Gasteiger partial charge on any atom is -0.425 e. The van der Waals surface area contributed by atoms with Gasteiger partial charge in [-0.2, -0.15) is 4.98 Å². The normalized spacial score (nSPS) is 16.1. The Labute approximate surface area is 205 Å². The van der Waals surface area contributed by atoms with E-state index in [1.165, 1.54) is 12.1 Å². The Bertz CT molecular complexity index is 1230. The van der Waals surface area contributed by atoms with Gasteiger partial charge in [0.1, 0.15) is 23.4 Å². The zero-order valence-electron chi connectivity index (χ0n) is 20.8. The largest absolute Gasteiger partial charge is 0.425 e. The lowest BCUT2D eigenvalue weighted by Gasteiger charge is -2.37. The molecule has 3 aromatic rings. The average Bonchev–Trinajstić information content (AvgIpc) is 2.82. The van der Waals surface area contributed by atoms with Crippen molar-refractivity contribution in [1.82, 2.24) is 9.97 Å². The van der Waals surface area contributed by atoms with Crippen molar-refractivity contribution in [2.24, 2.45) is 11.7 Å². The summed E-state index contributed by atoms with van der Waals surface area (Å²) in [6, 6.07) is 11.3. The molecule has 184 valence electrons. The van der Waals surface area contributed by atoms with E-state index in [9.17, 15) is 9.18 Å². The highest BCUT2D eigenvalue weighted by Gasteiger charge is 2.28. The van der Waals surface area contributed by atoms with Crippen LogP contribution in [0.4, 0.5) is 21.8 Å². The molecule has 2 unspecified atom stereocenters. The van der Waals surface area contributed by atoms with E-state index in [4.69, 9.17) is 15.5 Å². The number of benzene rings is 2. The van der Waals surface area contributed by atoms with E-state index in [0.717, 1.165) is 46.9 Å². The summed E-state index contributed by atoms with van der Waals surface area (Å²) in [5, 5.41) is 3.18. The number of carbonyl (C=O) groups is 1. The Balaban J connectivity index is 1.57. The maximum absolute atomic E-state index is 13.3. The monoisotopic (exact) mass is 477 g/mol. The van der Waals surface area contributed by atoms with Crippen LogP contribution in [0.25, 0.3) is 0 Å². The third-order valence-corrected chi connectivity index (χ3v) is 6.60. The molecule has 1 aliphatic rings. The molecule has 35 heavy (non-hydrogen) atoms. The van der Waals surface area contributed by atoms with Crippen LogP contribution in [0, 0.1) is 25.6 Å². The van der Waals surface area contributed by atoms with Crippen LogP contribution in [0.15, 0.2) is 42.5 Å². The van der Waals surface area contributed by atoms with Gasteiger partial charge in [0.15, 0.2) is 0 Å². The second kappa shape index (κ2) is 10.00. The molecule has 7 nitrogen and oxygen atoms in total. The predicted octanol–water partition coefficient (Wildman–Crippen LogP) is 4.99. The second-order valence-electron chi connectivity index (χ2n) is 9.38. The van der Waals surface area contributed by atoms with E-state index >= 15 is 0 Å². The third-order valence-electron chi connectivity index (χ3n) is 6.60. The molecule has 0 saturated carbocycles. The molecular weight excluding hydrogens is 445 g/mol. The standard InChI is InChI=1S/C27H32FN5O2/c1-15(2)24(29)26(34)35-22-10-11-23-18(5)33(13-12-19(23)14-22)25-16(3)17(4)30-27(32-25)31-21-8-6-20(28)7-9-21/h6-11,14-15,18,24H,12-13,29H2,1-5H3,(H,30,31,32). The number of ether oxygens (including phenoxy) is 1. The van der Waals surface area contributed by atoms with Crippen molar-refractivity contribution in [3.05, 3.63) is 70.7 Å². The molecule has 0 bridgehead atoms. The zero-order chi connectivity index (χ0) is 25.3. The van der Waals surface area contributed by atoms with Crippen LogP contribution in [-0.2, 0) is 11.2 Å². The Morgan fingerprint density at radius 3 is 2.57 bits per heavy atom. The molecule has 3 N–H and O–H groups in total. The Morgan fingerprint density at radius 2 is 1.89 bits per heavy atom. The summed E-state index contributed by atoms with van der Waals surface area (Å²) in [5.74, 6) is 1.15. The summed E-state index contributed by atoms with van der Waals surface area (Å²) in [6.07, 6.45) is 0.782. The van der Waals surface area contributed by atoms with E-state index in [1.807, 2.05) is 45.9 Å². The van der Waals surface area contributed by atoms with E-state index in [0.29, 0.717) is 11.7 Å². The van der Waals surface area contributed by atoms with Crippen LogP contribution in [0.3, 0.4) is 0 Å². The van der Waals surface area contributed by atoms with Gasteiger partial charge in [-0.05, 0) is 80.6 Å². The maximum Gasteiger partial charge on any atom is 0.328 e. The lowest BCUT2D eigenvalue weighted by Crippen LogP contribution is -2.38. The molecule has 0 amide bonds. The molecule has 0 spiro atoms. The Morgan fingerprint density at radius 1 is 1.17 bits per heavy atom. The van der Waals surface area contributed by atoms with Crippen LogP contribution < -0.4 is 20.7 Å². The van der Waals surface area contributed by atoms with E-state index < -0.39 is 12.0 Å². The van der Waals surface area contributed by atoms with Crippen LogP contribution in [0.2, 0.25) is 0 Å². The first-order chi connectivity index (χ1) is 16.6. The summed E-state index contributed by atoms with van der Waals surface area (Å²) in [4.78, 5) is 23.9. The fourth-order valence-electron chi connectivity index (χ4n) is 4.23. The number of rotatable bonds is 6. The van der Waals surface area contributed by atoms with Crippen LogP contribution in [0.5, 0.6) is 5.75 Å². The summed E-state index contributed by atoms with van der Waals surface area (Å²) >= 11 is 0. The number of nitrogens with zero attached hydrogens (tertiary/aromatic N) is 3. The molecule has 2 aromatic carbocycles. The van der Waals surface area contributed by atoms with Crippen molar-refractivity contribution in [3.63, 3.8) is 0 Å². The quantitative estimate of drug-likeness (QED) is 0.382. The first-order valence-corrected chi connectivity index (χ1v) is 11.9. The molecule has 0 aliphatic carbocycles. The topological polar surface area (TPSA) is 93.4 Å². The highest BCUT2D eigenvalue weighted by atomic mass is 19.1. The maximum atomic E-state index is 13.3. The number of hydrogen-bond acceptors (Lipinski definition) is 7. The van der Waals surface area contributed by atoms with Gasteiger partial charge in [0.25, 0.3) is 0 Å². The molecule has 8 heteroatoms. The lowest BCUT2D eigenvalue weighted by atomic mass is 9.93. The van der Waals surface area contributed by atoms with Crippen molar-refractivity contribution in [1.29, 1.82) is 0 Å². The predicted molar refractivity (Wildman–Crippen MR) is 136 cm³/mol. The van der Waals surface area contributed by atoms with Crippen LogP contribution in [-0.4, -0.2) is 28.5 Å². The minimum absolute atomic E-state index is 0.00991. The van der Waals surface area contributed by atoms with E-state index in [1.54, 1.807) is 12.1 Å². The number of aromatic nitrogens is 2. The molecule has 0 saturated heterocycles. The van der Waals surface area contributed by atoms with Gasteiger partial charge < -0.3 is 20.7 Å². The number of anilines is 3. The summed E-state index contributed by atoms with van der Waals surface area (Å²) in [5.41, 5.74) is 10.8. The van der Waals surface area contributed by atoms with Gasteiger partial charge in [-0.25, -0.2) is 14.2 Å². The van der Waals surface area contributed by atoms with Gasteiger partial charge in [0.05, 0.1) is 6.04 Å². The average molecular weight is 478 g/mol. The smallest absolute Gasteiger partial charge is 0.328 e. The van der Waals surface area contributed by atoms with E-state index in [-0.39, 0.29) is 17.8 Å². The Hall–Kier alpha value is -3.52. The van der Waals surface area contributed by atoms with Gasteiger partial charge in [0, 0.05) is 23.5 Å². The molecule has 4 rings (SSSR count). The number of fused-ring (bicyclic) bond motifs is 1. The molecule has 1 aromatic heterocycles. The van der Waals surface area contributed by atoms with E-state index in [2.05, 4.69) is 22.1 Å². The van der Waals surface area contributed by atoms with Crippen molar-refractivity contribution in [2.75, 3.05) is 16.8 Å². The van der Waals surface area contributed by atoms with Crippen LogP contribution >= 0.6 is 0 Å². The molecule has 1 aliphatic heterocycles. The molecule has 0 fully saturated rings. The van der Waals surface area contributed by atoms with Gasteiger partial charge >= 0.3 is 5.97 Å². The number of nitrogens with two attached hydrogens (primary N) is 1. The lowest BCUT2D eigenvalue weighted by molar-refractivity contribution is -0.136. The molecule has 2 heterocycles. The number of halogens is 1. The number of carbonyl (C=O) groups excluding carboxylic acids is 1.